The van der Waals surface area contributed by atoms with Crippen molar-refractivity contribution in [3.63, 3.8) is 0 Å². The molecule has 0 spiro atoms. The van der Waals surface area contributed by atoms with Gasteiger partial charge in [0.2, 0.25) is 0 Å². The Labute approximate surface area is 116 Å². The molecule has 0 saturated carbocycles. The standard InChI is InChI=1S/C14H23FO3Si/c1-16-19(17-2)18-12-6-4-3-5-7-13-8-10-14(15)11-9-13/h8-11,19H,3-7,12H2,1-2H3. The molecular formula is C14H23FO3Si. The van der Waals surface area contributed by atoms with Crippen molar-refractivity contribution in [3.05, 3.63) is 35.6 Å². The van der Waals surface area contributed by atoms with Crippen LogP contribution in [0.5, 0.6) is 0 Å². The van der Waals surface area contributed by atoms with Gasteiger partial charge < -0.3 is 13.3 Å². The summed E-state index contributed by atoms with van der Waals surface area (Å²) in [5.74, 6) is -0.170. The lowest BCUT2D eigenvalue weighted by Crippen LogP contribution is -2.24. The average Bonchev–Trinajstić information content (AvgIpc) is 2.44. The summed E-state index contributed by atoms with van der Waals surface area (Å²) >= 11 is 0. The zero-order chi connectivity index (χ0) is 13.9. The largest absolute Gasteiger partial charge is 0.483 e. The molecule has 0 unspecified atom stereocenters. The molecule has 108 valence electrons. The number of aryl methyl sites for hydroxylation is 1. The molecule has 0 amide bonds. The maximum atomic E-state index is 12.7. The Hall–Kier alpha value is -0.753. The van der Waals surface area contributed by atoms with Crippen molar-refractivity contribution >= 4 is 9.53 Å². The summed E-state index contributed by atoms with van der Waals surface area (Å²) in [6.45, 7) is 0.703. The Morgan fingerprint density at radius 3 is 2.21 bits per heavy atom. The number of unbranched alkanes of at least 4 members (excludes halogenated alkanes) is 3. The summed E-state index contributed by atoms with van der Waals surface area (Å²) in [6, 6.07) is 6.74. The zero-order valence-electron chi connectivity index (χ0n) is 11.7. The molecule has 1 aromatic rings. The van der Waals surface area contributed by atoms with E-state index in [0.29, 0.717) is 6.61 Å². The van der Waals surface area contributed by atoms with Gasteiger partial charge in [0.1, 0.15) is 5.82 Å². The Bertz CT molecular complexity index is 328. The van der Waals surface area contributed by atoms with Crippen LogP contribution in [-0.4, -0.2) is 30.4 Å². The smallest absolute Gasteiger partial charge is 0.379 e. The van der Waals surface area contributed by atoms with Crippen LogP contribution in [0.2, 0.25) is 0 Å². The Kier molecular flexibility index (Phi) is 8.65. The molecule has 19 heavy (non-hydrogen) atoms. The van der Waals surface area contributed by atoms with Gasteiger partial charge in [-0.15, -0.1) is 0 Å². The van der Waals surface area contributed by atoms with E-state index in [9.17, 15) is 4.39 Å². The topological polar surface area (TPSA) is 27.7 Å². The Morgan fingerprint density at radius 2 is 1.58 bits per heavy atom. The number of hydrogen-bond donors (Lipinski definition) is 0. The number of benzene rings is 1. The highest BCUT2D eigenvalue weighted by Gasteiger charge is 2.09. The highest BCUT2D eigenvalue weighted by atomic mass is 28.3. The Balaban J connectivity index is 1.98. The van der Waals surface area contributed by atoms with E-state index < -0.39 is 9.53 Å². The molecule has 0 heterocycles. The minimum Gasteiger partial charge on any atom is -0.379 e. The van der Waals surface area contributed by atoms with Crippen LogP contribution in [0.3, 0.4) is 0 Å². The van der Waals surface area contributed by atoms with Crippen LogP contribution in [0.15, 0.2) is 24.3 Å². The predicted molar refractivity (Wildman–Crippen MR) is 75.7 cm³/mol. The van der Waals surface area contributed by atoms with Gasteiger partial charge in [0.15, 0.2) is 0 Å². The SMILES string of the molecule is CO[SiH](OC)OCCCCCCc1ccc(F)cc1. The highest BCUT2D eigenvalue weighted by molar-refractivity contribution is 6.36. The van der Waals surface area contributed by atoms with E-state index in [0.717, 1.165) is 32.1 Å². The van der Waals surface area contributed by atoms with Crippen molar-refractivity contribution in [1.82, 2.24) is 0 Å². The van der Waals surface area contributed by atoms with Crippen LogP contribution in [0.25, 0.3) is 0 Å². The first-order chi connectivity index (χ1) is 9.26. The van der Waals surface area contributed by atoms with Gasteiger partial charge in [0.25, 0.3) is 0 Å². The quantitative estimate of drug-likeness (QED) is 0.489. The van der Waals surface area contributed by atoms with Crippen molar-refractivity contribution < 1.29 is 17.7 Å². The predicted octanol–water partition coefficient (Wildman–Crippen LogP) is 2.96. The second kappa shape index (κ2) is 10.1. The first-order valence-corrected chi connectivity index (χ1v) is 8.09. The van der Waals surface area contributed by atoms with Crippen LogP contribution < -0.4 is 0 Å². The molecule has 0 aliphatic carbocycles. The molecule has 0 aliphatic rings. The summed E-state index contributed by atoms with van der Waals surface area (Å²) in [7, 11) is 1.39. The lowest BCUT2D eigenvalue weighted by atomic mass is 10.1. The lowest BCUT2D eigenvalue weighted by molar-refractivity contribution is 0.133. The van der Waals surface area contributed by atoms with E-state index in [1.807, 2.05) is 12.1 Å². The van der Waals surface area contributed by atoms with E-state index >= 15 is 0 Å². The van der Waals surface area contributed by atoms with Crippen molar-refractivity contribution in [3.8, 4) is 0 Å². The van der Waals surface area contributed by atoms with Crippen LogP contribution >= 0.6 is 0 Å². The van der Waals surface area contributed by atoms with Crippen LogP contribution in [0, 0.1) is 5.82 Å². The molecule has 3 nitrogen and oxygen atoms in total. The molecule has 0 radical (unpaired) electrons. The van der Waals surface area contributed by atoms with Gasteiger partial charge in [-0.1, -0.05) is 25.0 Å². The normalized spacial score (nSPS) is 11.2. The number of hydrogen-bond acceptors (Lipinski definition) is 3. The average molecular weight is 286 g/mol. The number of halogens is 1. The number of rotatable bonds is 10. The van der Waals surface area contributed by atoms with Crippen molar-refractivity contribution in [2.24, 2.45) is 0 Å². The van der Waals surface area contributed by atoms with Gasteiger partial charge in [-0.25, -0.2) is 4.39 Å². The van der Waals surface area contributed by atoms with E-state index in [1.165, 1.54) is 17.7 Å². The molecule has 0 bridgehead atoms. The van der Waals surface area contributed by atoms with Gasteiger partial charge in [0, 0.05) is 20.8 Å². The minimum atomic E-state index is -1.84. The first kappa shape index (κ1) is 16.3. The molecular weight excluding hydrogens is 263 g/mol. The van der Waals surface area contributed by atoms with E-state index in [2.05, 4.69) is 0 Å². The van der Waals surface area contributed by atoms with Gasteiger partial charge in [0.05, 0.1) is 0 Å². The van der Waals surface area contributed by atoms with Crippen LogP contribution in [-0.2, 0) is 19.7 Å². The van der Waals surface area contributed by atoms with E-state index in [4.69, 9.17) is 13.3 Å². The molecule has 0 aliphatic heterocycles. The third kappa shape index (κ3) is 7.42. The van der Waals surface area contributed by atoms with E-state index in [-0.39, 0.29) is 5.82 Å². The summed E-state index contributed by atoms with van der Waals surface area (Å²) < 4.78 is 28.3. The fourth-order valence-electron chi connectivity index (χ4n) is 1.85. The van der Waals surface area contributed by atoms with E-state index in [1.54, 1.807) is 14.2 Å². The van der Waals surface area contributed by atoms with Gasteiger partial charge in [-0.05, 0) is 37.0 Å². The third-order valence-corrected chi connectivity index (χ3v) is 4.19. The molecule has 5 heteroatoms. The molecule has 1 aromatic carbocycles. The van der Waals surface area contributed by atoms with Gasteiger partial charge in [-0.2, -0.15) is 0 Å². The van der Waals surface area contributed by atoms with Crippen molar-refractivity contribution in [1.29, 1.82) is 0 Å². The molecule has 1 rings (SSSR count). The lowest BCUT2D eigenvalue weighted by Gasteiger charge is -2.11. The fourth-order valence-corrected chi connectivity index (χ4v) is 2.67. The first-order valence-electron chi connectivity index (χ1n) is 6.68. The molecule has 0 atom stereocenters. The summed E-state index contributed by atoms with van der Waals surface area (Å²) in [5.41, 5.74) is 1.20. The van der Waals surface area contributed by atoms with Gasteiger partial charge >= 0.3 is 9.53 Å². The second-order valence-electron chi connectivity index (χ2n) is 4.42. The summed E-state index contributed by atoms with van der Waals surface area (Å²) in [5, 5.41) is 0. The van der Waals surface area contributed by atoms with Crippen molar-refractivity contribution in [2.75, 3.05) is 20.8 Å². The minimum absolute atomic E-state index is 0.170. The second-order valence-corrected chi connectivity index (χ2v) is 6.28. The van der Waals surface area contributed by atoms with Gasteiger partial charge in [-0.3, -0.25) is 0 Å². The van der Waals surface area contributed by atoms with Crippen LogP contribution in [0.4, 0.5) is 4.39 Å². The molecule has 0 aromatic heterocycles. The Morgan fingerprint density at radius 1 is 0.947 bits per heavy atom. The summed E-state index contributed by atoms with van der Waals surface area (Å²) in [6.07, 6.45) is 5.46. The monoisotopic (exact) mass is 286 g/mol. The fraction of sp³-hybridized carbons (Fsp3) is 0.571. The molecule has 0 saturated heterocycles. The molecule has 0 N–H and O–H groups in total. The molecule has 0 fully saturated rings. The third-order valence-electron chi connectivity index (χ3n) is 2.91. The highest BCUT2D eigenvalue weighted by Crippen LogP contribution is 2.09. The maximum absolute atomic E-state index is 12.7. The van der Waals surface area contributed by atoms with Crippen molar-refractivity contribution in [2.45, 2.75) is 32.1 Å². The zero-order valence-corrected chi connectivity index (χ0v) is 12.9. The van der Waals surface area contributed by atoms with Crippen LogP contribution in [0.1, 0.15) is 31.2 Å². The maximum Gasteiger partial charge on any atom is 0.483 e. The summed E-state index contributed by atoms with van der Waals surface area (Å²) in [4.78, 5) is 0.